The van der Waals surface area contributed by atoms with Crippen molar-refractivity contribution >= 4 is 28.1 Å². The fourth-order valence-corrected chi connectivity index (χ4v) is 1.77. The van der Waals surface area contributed by atoms with Crippen LogP contribution in [0.2, 0.25) is 0 Å². The van der Waals surface area contributed by atoms with E-state index in [1.165, 1.54) is 0 Å². The molecule has 4 heteroatoms. The lowest BCUT2D eigenvalue weighted by atomic mass is 10.1. The quantitative estimate of drug-likeness (QED) is 0.747. The van der Waals surface area contributed by atoms with Gasteiger partial charge >= 0.3 is 0 Å². The maximum absolute atomic E-state index is 5.62. The third-order valence-electron chi connectivity index (χ3n) is 1.64. The van der Waals surface area contributed by atoms with Crippen LogP contribution in [0.1, 0.15) is 13.3 Å². The Bertz CT molecular complexity index is 201. The van der Waals surface area contributed by atoms with Crippen LogP contribution in [-0.4, -0.2) is 17.4 Å². The Balaban J connectivity index is 2.17. The maximum atomic E-state index is 5.62. The topological polar surface area (TPSA) is 24.9 Å². The van der Waals surface area contributed by atoms with E-state index in [1.54, 1.807) is 17.5 Å². The molecule has 1 atom stereocenters. The zero-order valence-corrected chi connectivity index (χ0v) is 8.66. The van der Waals surface area contributed by atoms with Crippen LogP contribution >= 0.6 is 22.9 Å². The minimum Gasteiger partial charge on any atom is -0.361 e. The van der Waals surface area contributed by atoms with E-state index in [0.29, 0.717) is 5.92 Å². The highest BCUT2D eigenvalue weighted by Crippen LogP contribution is 2.12. The molecule has 1 unspecified atom stereocenters. The van der Waals surface area contributed by atoms with Gasteiger partial charge in [-0.1, -0.05) is 6.92 Å². The van der Waals surface area contributed by atoms with Crippen molar-refractivity contribution in [2.24, 2.45) is 5.92 Å². The molecule has 2 nitrogen and oxygen atoms in total. The van der Waals surface area contributed by atoms with Gasteiger partial charge in [-0.15, -0.1) is 22.9 Å². The monoisotopic (exact) mass is 204 g/mol. The molecule has 0 bridgehead atoms. The summed E-state index contributed by atoms with van der Waals surface area (Å²) in [7, 11) is 0. The molecule has 0 aromatic carbocycles. The summed E-state index contributed by atoms with van der Waals surface area (Å²) in [6, 6.07) is 0. The number of alkyl halides is 1. The summed E-state index contributed by atoms with van der Waals surface area (Å²) < 4.78 is 0. The number of nitrogens with zero attached hydrogens (tertiary/aromatic N) is 1. The molecule has 12 heavy (non-hydrogen) atoms. The predicted molar refractivity (Wildman–Crippen MR) is 55.1 cm³/mol. The third kappa shape index (κ3) is 3.41. The summed E-state index contributed by atoms with van der Waals surface area (Å²) in [6.07, 6.45) is 2.86. The van der Waals surface area contributed by atoms with E-state index in [9.17, 15) is 0 Å². The van der Waals surface area contributed by atoms with Crippen LogP contribution in [0.4, 0.5) is 5.13 Å². The maximum Gasteiger partial charge on any atom is 0.182 e. The second kappa shape index (κ2) is 5.38. The molecule has 0 aliphatic carbocycles. The van der Waals surface area contributed by atoms with Crippen molar-refractivity contribution in [1.29, 1.82) is 0 Å². The van der Waals surface area contributed by atoms with Crippen molar-refractivity contribution in [3.05, 3.63) is 11.6 Å². The largest absolute Gasteiger partial charge is 0.361 e. The zero-order chi connectivity index (χ0) is 8.81. The Morgan fingerprint density at radius 3 is 3.17 bits per heavy atom. The first-order chi connectivity index (χ1) is 5.83. The Hall–Kier alpha value is -0.280. The number of anilines is 1. The second-order valence-electron chi connectivity index (χ2n) is 2.80. The normalized spacial score (nSPS) is 12.8. The molecule has 1 aromatic heterocycles. The number of rotatable bonds is 5. The summed E-state index contributed by atoms with van der Waals surface area (Å²) in [6.45, 7) is 3.14. The van der Waals surface area contributed by atoms with Gasteiger partial charge in [-0.25, -0.2) is 4.98 Å². The third-order valence-corrected chi connectivity index (χ3v) is 2.59. The molecule has 0 saturated heterocycles. The minimum atomic E-state index is 0.617. The highest BCUT2D eigenvalue weighted by molar-refractivity contribution is 7.13. The average Bonchev–Trinajstić information content (AvgIpc) is 2.53. The molecule has 68 valence electrons. The fourth-order valence-electron chi connectivity index (χ4n) is 0.861. The number of halogens is 1. The summed E-state index contributed by atoms with van der Waals surface area (Å²) in [4.78, 5) is 4.12. The van der Waals surface area contributed by atoms with E-state index in [0.717, 1.165) is 24.0 Å². The molecular formula is C8H13ClN2S. The van der Waals surface area contributed by atoms with Gasteiger partial charge in [0.15, 0.2) is 5.13 Å². The molecule has 0 saturated carbocycles. The molecule has 0 aliphatic heterocycles. The van der Waals surface area contributed by atoms with Crippen LogP contribution in [0.25, 0.3) is 0 Å². The Labute approximate surface area is 82.0 Å². The lowest BCUT2D eigenvalue weighted by Crippen LogP contribution is -2.11. The lowest BCUT2D eigenvalue weighted by molar-refractivity contribution is 0.597. The van der Waals surface area contributed by atoms with Crippen LogP contribution in [0.15, 0.2) is 11.6 Å². The number of thiazole rings is 1. The smallest absolute Gasteiger partial charge is 0.182 e. The Morgan fingerprint density at radius 1 is 1.75 bits per heavy atom. The van der Waals surface area contributed by atoms with Crippen molar-refractivity contribution in [3.63, 3.8) is 0 Å². The van der Waals surface area contributed by atoms with Crippen LogP contribution in [-0.2, 0) is 0 Å². The first-order valence-electron chi connectivity index (χ1n) is 4.02. The van der Waals surface area contributed by atoms with Crippen molar-refractivity contribution in [3.8, 4) is 0 Å². The van der Waals surface area contributed by atoms with E-state index >= 15 is 0 Å². The van der Waals surface area contributed by atoms with Gasteiger partial charge in [0, 0.05) is 24.0 Å². The van der Waals surface area contributed by atoms with Gasteiger partial charge in [0.25, 0.3) is 0 Å². The van der Waals surface area contributed by atoms with Crippen LogP contribution in [0.3, 0.4) is 0 Å². The molecule has 0 aliphatic rings. The first kappa shape index (κ1) is 9.81. The number of hydrogen-bond donors (Lipinski definition) is 1. The molecule has 0 amide bonds. The molecule has 1 rings (SSSR count). The summed E-state index contributed by atoms with van der Waals surface area (Å²) in [5.41, 5.74) is 0. The average molecular weight is 205 g/mol. The molecule has 0 fully saturated rings. The minimum absolute atomic E-state index is 0.617. The van der Waals surface area contributed by atoms with Gasteiger partial charge in [-0.3, -0.25) is 0 Å². The summed E-state index contributed by atoms with van der Waals surface area (Å²) in [5, 5.41) is 6.22. The van der Waals surface area contributed by atoms with E-state index in [1.807, 2.05) is 5.38 Å². The van der Waals surface area contributed by atoms with Crippen molar-refractivity contribution in [1.82, 2.24) is 4.98 Å². The van der Waals surface area contributed by atoms with Crippen molar-refractivity contribution in [2.75, 3.05) is 17.7 Å². The molecule has 0 spiro atoms. The number of hydrogen-bond acceptors (Lipinski definition) is 3. The summed E-state index contributed by atoms with van der Waals surface area (Å²) in [5.74, 6) is 1.35. The van der Waals surface area contributed by atoms with E-state index < -0.39 is 0 Å². The second-order valence-corrected chi connectivity index (χ2v) is 4.07. The van der Waals surface area contributed by atoms with Gasteiger partial charge in [-0.2, -0.15) is 0 Å². The van der Waals surface area contributed by atoms with Crippen molar-refractivity contribution in [2.45, 2.75) is 13.3 Å². The first-order valence-corrected chi connectivity index (χ1v) is 5.43. The van der Waals surface area contributed by atoms with Crippen LogP contribution < -0.4 is 5.32 Å². The SMILES string of the molecule is CC(CCCl)CNc1nccs1. The molecular weight excluding hydrogens is 192 g/mol. The number of nitrogens with one attached hydrogen (secondary N) is 1. The highest BCUT2D eigenvalue weighted by Gasteiger charge is 2.01. The van der Waals surface area contributed by atoms with Crippen LogP contribution in [0, 0.1) is 5.92 Å². The van der Waals surface area contributed by atoms with Gasteiger partial charge in [0.05, 0.1) is 0 Å². The van der Waals surface area contributed by atoms with E-state index in [2.05, 4.69) is 17.2 Å². The lowest BCUT2D eigenvalue weighted by Gasteiger charge is -2.09. The Kier molecular flexibility index (Phi) is 4.40. The standard InChI is InChI=1S/C8H13ClN2S/c1-7(2-3-9)6-11-8-10-4-5-12-8/h4-5,7H,2-3,6H2,1H3,(H,10,11). The van der Waals surface area contributed by atoms with Crippen LogP contribution in [0.5, 0.6) is 0 Å². The van der Waals surface area contributed by atoms with E-state index in [4.69, 9.17) is 11.6 Å². The molecule has 0 radical (unpaired) electrons. The number of aromatic nitrogens is 1. The zero-order valence-electron chi connectivity index (χ0n) is 7.09. The Morgan fingerprint density at radius 2 is 2.58 bits per heavy atom. The molecule has 1 N–H and O–H groups in total. The van der Waals surface area contributed by atoms with Gasteiger partial charge < -0.3 is 5.32 Å². The highest BCUT2D eigenvalue weighted by atomic mass is 35.5. The fraction of sp³-hybridized carbons (Fsp3) is 0.625. The van der Waals surface area contributed by atoms with Gasteiger partial charge in [0.2, 0.25) is 0 Å². The summed E-state index contributed by atoms with van der Waals surface area (Å²) >= 11 is 7.24. The van der Waals surface area contributed by atoms with Gasteiger partial charge in [0.1, 0.15) is 0 Å². The van der Waals surface area contributed by atoms with Crippen molar-refractivity contribution < 1.29 is 0 Å². The van der Waals surface area contributed by atoms with Gasteiger partial charge in [-0.05, 0) is 12.3 Å². The molecule has 1 heterocycles. The van der Waals surface area contributed by atoms with E-state index in [-0.39, 0.29) is 0 Å². The molecule has 1 aromatic rings. The predicted octanol–water partition coefficient (Wildman–Crippen LogP) is 2.82.